The minimum atomic E-state index is -0.322. The van der Waals surface area contributed by atoms with Gasteiger partial charge in [-0.2, -0.15) is 5.10 Å². The van der Waals surface area contributed by atoms with Crippen LogP contribution in [0.4, 0.5) is 10.1 Å². The van der Waals surface area contributed by atoms with Crippen LogP contribution in [0.15, 0.2) is 54.7 Å². The molecule has 0 aliphatic carbocycles. The van der Waals surface area contributed by atoms with Crippen LogP contribution in [0, 0.1) is 12.7 Å². The molecule has 0 unspecified atom stereocenters. The van der Waals surface area contributed by atoms with Gasteiger partial charge in [0.1, 0.15) is 11.6 Å². The van der Waals surface area contributed by atoms with E-state index in [4.69, 9.17) is 4.74 Å². The quantitative estimate of drug-likeness (QED) is 0.797. The summed E-state index contributed by atoms with van der Waals surface area (Å²) in [5.41, 5.74) is 2.36. The van der Waals surface area contributed by atoms with E-state index in [-0.39, 0.29) is 11.7 Å². The van der Waals surface area contributed by atoms with Gasteiger partial charge in [0, 0.05) is 0 Å². The number of nitrogens with one attached hydrogen (secondary N) is 1. The number of methoxy groups -OCH3 is 1. The fourth-order valence-corrected chi connectivity index (χ4v) is 2.41. The molecule has 1 N–H and O–H groups in total. The molecule has 0 spiro atoms. The van der Waals surface area contributed by atoms with E-state index < -0.39 is 0 Å². The molecule has 1 aromatic heterocycles. The predicted molar refractivity (Wildman–Crippen MR) is 89.2 cm³/mol. The number of carbonyl (C=O) groups is 1. The van der Waals surface area contributed by atoms with Gasteiger partial charge in [-0.05, 0) is 43.3 Å². The van der Waals surface area contributed by atoms with E-state index in [0.717, 1.165) is 0 Å². The Morgan fingerprint density at radius 1 is 1.17 bits per heavy atom. The van der Waals surface area contributed by atoms with Gasteiger partial charge in [-0.15, -0.1) is 0 Å². The summed E-state index contributed by atoms with van der Waals surface area (Å²) in [6.45, 7) is 1.79. The maximum Gasteiger partial charge on any atom is 0.259 e. The molecule has 0 atom stereocenters. The van der Waals surface area contributed by atoms with Crippen molar-refractivity contribution in [2.45, 2.75) is 6.92 Å². The minimum absolute atomic E-state index is 0.287. The van der Waals surface area contributed by atoms with Gasteiger partial charge in [0.2, 0.25) is 0 Å². The minimum Gasteiger partial charge on any atom is -0.495 e. The Hall–Kier alpha value is -3.15. The molecule has 0 saturated heterocycles. The Kier molecular flexibility index (Phi) is 4.29. The second-order valence-electron chi connectivity index (χ2n) is 5.19. The van der Waals surface area contributed by atoms with E-state index in [1.165, 1.54) is 18.3 Å². The van der Waals surface area contributed by atoms with Crippen molar-refractivity contribution in [1.82, 2.24) is 9.78 Å². The number of carbonyl (C=O) groups excluding carboxylic acids is 1. The van der Waals surface area contributed by atoms with Crippen LogP contribution in [0.3, 0.4) is 0 Å². The highest BCUT2D eigenvalue weighted by molar-refractivity contribution is 6.05. The highest BCUT2D eigenvalue weighted by Crippen LogP contribution is 2.24. The molecule has 5 nitrogen and oxygen atoms in total. The van der Waals surface area contributed by atoms with Crippen LogP contribution in [0.5, 0.6) is 5.75 Å². The molecule has 1 heterocycles. The zero-order valence-corrected chi connectivity index (χ0v) is 13.3. The van der Waals surface area contributed by atoms with E-state index in [1.807, 2.05) is 12.1 Å². The number of para-hydroxylation sites is 2. The average molecular weight is 325 g/mol. The summed E-state index contributed by atoms with van der Waals surface area (Å²) in [7, 11) is 1.54. The first kappa shape index (κ1) is 15.7. The zero-order chi connectivity index (χ0) is 17.1. The number of aromatic nitrogens is 2. The monoisotopic (exact) mass is 325 g/mol. The SMILES string of the molecule is COc1ccccc1NC(=O)c1cnn(-c2ccc(F)cc2)c1C. The first-order valence-corrected chi connectivity index (χ1v) is 7.35. The van der Waals surface area contributed by atoms with Crippen LogP contribution in [0.2, 0.25) is 0 Å². The maximum absolute atomic E-state index is 13.0. The lowest BCUT2D eigenvalue weighted by Crippen LogP contribution is -2.13. The summed E-state index contributed by atoms with van der Waals surface area (Å²) in [4.78, 5) is 12.5. The molecule has 3 rings (SSSR count). The van der Waals surface area contributed by atoms with Crippen LogP contribution in [0.25, 0.3) is 5.69 Å². The Morgan fingerprint density at radius 2 is 1.88 bits per heavy atom. The second kappa shape index (κ2) is 6.54. The number of ether oxygens (including phenoxy) is 1. The van der Waals surface area contributed by atoms with Crippen molar-refractivity contribution in [1.29, 1.82) is 0 Å². The Balaban J connectivity index is 1.87. The molecular weight excluding hydrogens is 309 g/mol. The molecule has 3 aromatic rings. The van der Waals surface area contributed by atoms with E-state index in [9.17, 15) is 9.18 Å². The molecule has 0 saturated carbocycles. The Bertz CT molecular complexity index is 872. The number of hydrogen-bond donors (Lipinski definition) is 1. The maximum atomic E-state index is 13.0. The van der Waals surface area contributed by atoms with Crippen LogP contribution < -0.4 is 10.1 Å². The van der Waals surface area contributed by atoms with Crippen molar-refractivity contribution in [3.63, 3.8) is 0 Å². The predicted octanol–water partition coefficient (Wildman–Crippen LogP) is 3.58. The van der Waals surface area contributed by atoms with Gasteiger partial charge in [0.15, 0.2) is 0 Å². The standard InChI is InChI=1S/C18H16FN3O2/c1-12-15(11-20-22(12)14-9-7-13(19)8-10-14)18(23)21-16-5-3-4-6-17(16)24-2/h3-11H,1-2H3,(H,21,23). The van der Waals surface area contributed by atoms with Gasteiger partial charge in [-0.3, -0.25) is 4.79 Å². The average Bonchev–Trinajstić information content (AvgIpc) is 2.98. The summed E-state index contributed by atoms with van der Waals surface area (Å²) >= 11 is 0. The smallest absolute Gasteiger partial charge is 0.259 e. The fraction of sp³-hybridized carbons (Fsp3) is 0.111. The molecule has 0 aliphatic rings. The van der Waals surface area contributed by atoms with Gasteiger partial charge in [0.25, 0.3) is 5.91 Å². The number of anilines is 1. The van der Waals surface area contributed by atoms with E-state index >= 15 is 0 Å². The summed E-state index contributed by atoms with van der Waals surface area (Å²) in [6, 6.07) is 13.1. The van der Waals surface area contributed by atoms with Crippen molar-refractivity contribution in [2.75, 3.05) is 12.4 Å². The Morgan fingerprint density at radius 3 is 2.58 bits per heavy atom. The molecule has 122 valence electrons. The first-order chi connectivity index (χ1) is 11.6. The molecule has 0 aliphatic heterocycles. The highest BCUT2D eigenvalue weighted by atomic mass is 19.1. The van der Waals surface area contributed by atoms with Crippen molar-refractivity contribution in [3.8, 4) is 11.4 Å². The summed E-state index contributed by atoms with van der Waals surface area (Å²) in [6.07, 6.45) is 1.49. The van der Waals surface area contributed by atoms with Crippen LogP contribution in [-0.2, 0) is 0 Å². The van der Waals surface area contributed by atoms with Crippen molar-refractivity contribution >= 4 is 11.6 Å². The van der Waals surface area contributed by atoms with Gasteiger partial charge < -0.3 is 10.1 Å². The number of rotatable bonds is 4. The third-order valence-electron chi connectivity index (χ3n) is 3.68. The van der Waals surface area contributed by atoms with Crippen molar-refractivity contribution in [3.05, 3.63) is 71.8 Å². The molecule has 1 amide bonds. The topological polar surface area (TPSA) is 56.1 Å². The molecule has 0 radical (unpaired) electrons. The number of amides is 1. The van der Waals surface area contributed by atoms with Gasteiger partial charge >= 0.3 is 0 Å². The van der Waals surface area contributed by atoms with Gasteiger partial charge in [-0.1, -0.05) is 12.1 Å². The van der Waals surface area contributed by atoms with E-state index in [2.05, 4.69) is 10.4 Å². The third-order valence-corrected chi connectivity index (χ3v) is 3.68. The lowest BCUT2D eigenvalue weighted by molar-refractivity contribution is 0.102. The zero-order valence-electron chi connectivity index (χ0n) is 13.3. The third kappa shape index (κ3) is 2.99. The molecule has 24 heavy (non-hydrogen) atoms. The lowest BCUT2D eigenvalue weighted by atomic mass is 10.2. The first-order valence-electron chi connectivity index (χ1n) is 7.35. The number of halogens is 1. The van der Waals surface area contributed by atoms with Crippen molar-refractivity contribution < 1.29 is 13.9 Å². The number of benzene rings is 2. The fourth-order valence-electron chi connectivity index (χ4n) is 2.41. The van der Waals surface area contributed by atoms with Crippen LogP contribution in [-0.4, -0.2) is 22.8 Å². The molecule has 2 aromatic carbocycles. The van der Waals surface area contributed by atoms with E-state index in [1.54, 1.807) is 43.0 Å². The summed E-state index contributed by atoms with van der Waals surface area (Å²) in [5, 5.41) is 7.04. The lowest BCUT2D eigenvalue weighted by Gasteiger charge is -2.10. The number of hydrogen-bond acceptors (Lipinski definition) is 3. The largest absolute Gasteiger partial charge is 0.495 e. The summed E-state index contributed by atoms with van der Waals surface area (Å²) < 4.78 is 19.9. The van der Waals surface area contributed by atoms with Gasteiger partial charge in [-0.25, -0.2) is 9.07 Å². The van der Waals surface area contributed by atoms with E-state index in [0.29, 0.717) is 28.4 Å². The van der Waals surface area contributed by atoms with Crippen molar-refractivity contribution in [2.24, 2.45) is 0 Å². The second-order valence-corrected chi connectivity index (χ2v) is 5.19. The normalized spacial score (nSPS) is 10.5. The summed E-state index contributed by atoms with van der Waals surface area (Å²) in [5.74, 6) is -0.0301. The number of nitrogens with zero attached hydrogens (tertiary/aromatic N) is 2. The molecule has 0 fully saturated rings. The Labute approximate surface area is 138 Å². The molecular formula is C18H16FN3O2. The van der Waals surface area contributed by atoms with Crippen LogP contribution in [0.1, 0.15) is 16.1 Å². The van der Waals surface area contributed by atoms with Gasteiger partial charge in [0.05, 0.1) is 35.9 Å². The molecule has 6 heteroatoms. The molecule has 0 bridgehead atoms. The van der Waals surface area contributed by atoms with Crippen LogP contribution >= 0.6 is 0 Å². The highest BCUT2D eigenvalue weighted by Gasteiger charge is 2.16.